The molecular weight excluding hydrogens is 278 g/mol. The van der Waals surface area contributed by atoms with Crippen molar-refractivity contribution in [2.45, 2.75) is 70.7 Å². The van der Waals surface area contributed by atoms with E-state index in [-0.39, 0.29) is 6.04 Å². The van der Waals surface area contributed by atoms with Gasteiger partial charge in [0.25, 0.3) is 0 Å². The molecule has 0 aromatic rings. The molecular formula is C17H31N3O2. The molecule has 3 fully saturated rings. The van der Waals surface area contributed by atoms with E-state index in [0.29, 0.717) is 43.3 Å². The maximum absolute atomic E-state index is 12.8. The van der Waals surface area contributed by atoms with Gasteiger partial charge in [-0.1, -0.05) is 0 Å². The van der Waals surface area contributed by atoms with Crippen LogP contribution >= 0.6 is 0 Å². The van der Waals surface area contributed by atoms with Crippen LogP contribution in [-0.4, -0.2) is 83.7 Å². The van der Waals surface area contributed by atoms with Crippen LogP contribution in [-0.2, 0) is 9.53 Å². The minimum atomic E-state index is 0.0951. The van der Waals surface area contributed by atoms with Crippen molar-refractivity contribution in [2.24, 2.45) is 0 Å². The largest absolute Gasteiger partial charge is 0.378 e. The quantitative estimate of drug-likeness (QED) is 0.781. The average molecular weight is 309 g/mol. The highest BCUT2D eigenvalue weighted by atomic mass is 16.5. The first-order valence-corrected chi connectivity index (χ1v) is 8.90. The van der Waals surface area contributed by atoms with Gasteiger partial charge in [0.05, 0.1) is 19.3 Å². The van der Waals surface area contributed by atoms with Gasteiger partial charge in [-0.15, -0.1) is 0 Å². The van der Waals surface area contributed by atoms with E-state index < -0.39 is 0 Å². The van der Waals surface area contributed by atoms with Crippen molar-refractivity contribution in [2.75, 3.05) is 32.8 Å². The molecule has 3 heterocycles. The second-order valence-electron chi connectivity index (χ2n) is 7.49. The second-order valence-corrected chi connectivity index (χ2v) is 7.49. The minimum Gasteiger partial charge on any atom is -0.378 e. The zero-order chi connectivity index (χ0) is 15.9. The monoisotopic (exact) mass is 309 g/mol. The lowest BCUT2D eigenvalue weighted by Gasteiger charge is -2.60. The van der Waals surface area contributed by atoms with Crippen molar-refractivity contribution in [1.82, 2.24) is 14.7 Å². The summed E-state index contributed by atoms with van der Waals surface area (Å²) >= 11 is 0. The summed E-state index contributed by atoms with van der Waals surface area (Å²) in [6.45, 7) is 13.1. The average Bonchev–Trinajstić information content (AvgIpc) is 2.40. The van der Waals surface area contributed by atoms with Gasteiger partial charge in [-0.25, -0.2) is 0 Å². The first-order chi connectivity index (χ1) is 10.5. The Bertz CT molecular complexity index is 407. The molecule has 0 aliphatic carbocycles. The molecule has 0 radical (unpaired) electrons. The van der Waals surface area contributed by atoms with E-state index in [1.165, 1.54) is 13.0 Å². The van der Waals surface area contributed by atoms with Gasteiger partial charge in [-0.2, -0.15) is 0 Å². The van der Waals surface area contributed by atoms with E-state index in [9.17, 15) is 4.79 Å². The van der Waals surface area contributed by atoms with Crippen LogP contribution in [0.15, 0.2) is 0 Å². The lowest BCUT2D eigenvalue weighted by atomic mass is 9.79. The molecule has 1 amide bonds. The van der Waals surface area contributed by atoms with Gasteiger partial charge in [0, 0.05) is 43.8 Å². The van der Waals surface area contributed by atoms with Gasteiger partial charge in [-0.3, -0.25) is 14.6 Å². The Balaban J connectivity index is 1.63. The first kappa shape index (κ1) is 16.2. The van der Waals surface area contributed by atoms with E-state index in [0.717, 1.165) is 19.5 Å². The van der Waals surface area contributed by atoms with E-state index >= 15 is 0 Å². The topological polar surface area (TPSA) is 36.0 Å². The predicted octanol–water partition coefficient (Wildman–Crippen LogP) is 1.18. The molecule has 0 N–H and O–H groups in total. The fourth-order valence-corrected chi connectivity index (χ4v) is 4.37. The molecule has 5 heteroatoms. The van der Waals surface area contributed by atoms with Crippen LogP contribution in [0.3, 0.4) is 0 Å². The maximum Gasteiger partial charge on any atom is 0.240 e. The molecule has 0 spiro atoms. The molecule has 0 saturated carbocycles. The van der Waals surface area contributed by atoms with E-state index in [1.54, 1.807) is 0 Å². The predicted molar refractivity (Wildman–Crippen MR) is 86.8 cm³/mol. The Kier molecular flexibility index (Phi) is 4.76. The Morgan fingerprint density at radius 2 is 1.68 bits per heavy atom. The fraction of sp³-hybridized carbons (Fsp3) is 0.941. The van der Waals surface area contributed by atoms with Crippen LogP contribution < -0.4 is 0 Å². The molecule has 3 rings (SSSR count). The number of ether oxygens (including phenoxy) is 1. The summed E-state index contributed by atoms with van der Waals surface area (Å²) in [6.07, 6.45) is 2.31. The van der Waals surface area contributed by atoms with Crippen molar-refractivity contribution in [1.29, 1.82) is 0 Å². The lowest BCUT2D eigenvalue weighted by molar-refractivity contribution is -0.160. The van der Waals surface area contributed by atoms with Crippen LogP contribution in [0, 0.1) is 0 Å². The van der Waals surface area contributed by atoms with Gasteiger partial charge in [0.2, 0.25) is 5.91 Å². The number of hydrogen-bond acceptors (Lipinski definition) is 4. The van der Waals surface area contributed by atoms with Crippen LogP contribution in [0.25, 0.3) is 0 Å². The summed E-state index contributed by atoms with van der Waals surface area (Å²) in [5.41, 5.74) is 0. The number of hydrogen-bond donors (Lipinski definition) is 0. The van der Waals surface area contributed by atoms with Crippen LogP contribution in [0.4, 0.5) is 0 Å². The highest BCUT2D eigenvalue weighted by molar-refractivity contribution is 5.83. The second kappa shape index (κ2) is 6.46. The van der Waals surface area contributed by atoms with Crippen LogP contribution in [0.2, 0.25) is 0 Å². The molecule has 126 valence electrons. The molecule has 0 bridgehead atoms. The number of rotatable bonds is 4. The third-order valence-electron chi connectivity index (χ3n) is 5.63. The van der Waals surface area contributed by atoms with Crippen molar-refractivity contribution >= 4 is 5.91 Å². The van der Waals surface area contributed by atoms with Crippen molar-refractivity contribution in [3.05, 3.63) is 0 Å². The Morgan fingerprint density at radius 1 is 1.00 bits per heavy atom. The minimum absolute atomic E-state index is 0.0951. The Labute approximate surface area is 134 Å². The SMILES string of the molecule is CC(C)N1CCC1C1C[C@@H](C(=O)N2CCOCC2)N1C(C)C. The smallest absolute Gasteiger partial charge is 0.240 e. The summed E-state index contributed by atoms with van der Waals surface area (Å²) in [5, 5.41) is 0. The number of carbonyl (C=O) groups excluding carboxylic acids is 1. The summed E-state index contributed by atoms with van der Waals surface area (Å²) in [4.78, 5) is 19.9. The summed E-state index contributed by atoms with van der Waals surface area (Å²) in [5.74, 6) is 0.323. The molecule has 5 nitrogen and oxygen atoms in total. The van der Waals surface area contributed by atoms with Crippen molar-refractivity contribution < 1.29 is 9.53 Å². The number of likely N-dealkylation sites (tertiary alicyclic amines) is 2. The van der Waals surface area contributed by atoms with Crippen molar-refractivity contribution in [3.8, 4) is 0 Å². The summed E-state index contributed by atoms with van der Waals surface area (Å²) in [6, 6.07) is 2.35. The molecule has 2 unspecified atom stereocenters. The molecule has 3 aliphatic rings. The highest BCUT2D eigenvalue weighted by Crippen LogP contribution is 2.38. The number of morpholine rings is 1. The molecule has 22 heavy (non-hydrogen) atoms. The van der Waals surface area contributed by atoms with E-state index in [4.69, 9.17) is 4.74 Å². The molecule has 0 aromatic heterocycles. The standard InChI is InChI=1S/C17H31N3O2/c1-12(2)19-6-5-14(19)15-11-16(20(15)13(3)4)17(21)18-7-9-22-10-8-18/h12-16H,5-11H2,1-4H3/t14?,15?,16-/m0/s1. The third-order valence-corrected chi connectivity index (χ3v) is 5.63. The zero-order valence-corrected chi connectivity index (χ0v) is 14.5. The molecule has 3 saturated heterocycles. The summed E-state index contributed by atoms with van der Waals surface area (Å²) < 4.78 is 5.37. The van der Waals surface area contributed by atoms with E-state index in [2.05, 4.69) is 37.5 Å². The van der Waals surface area contributed by atoms with Crippen molar-refractivity contribution in [3.63, 3.8) is 0 Å². The maximum atomic E-state index is 12.8. The van der Waals surface area contributed by atoms with Gasteiger partial charge < -0.3 is 9.64 Å². The third kappa shape index (κ3) is 2.79. The zero-order valence-electron chi connectivity index (χ0n) is 14.5. The number of amides is 1. The normalized spacial score (nSPS) is 33.9. The Hall–Kier alpha value is -0.650. The fourth-order valence-electron chi connectivity index (χ4n) is 4.37. The van der Waals surface area contributed by atoms with E-state index in [1.807, 2.05) is 4.90 Å². The molecule has 3 aliphatic heterocycles. The van der Waals surface area contributed by atoms with Gasteiger partial charge in [0.1, 0.15) is 0 Å². The summed E-state index contributed by atoms with van der Waals surface area (Å²) in [7, 11) is 0. The van der Waals surface area contributed by atoms with Gasteiger partial charge in [0.15, 0.2) is 0 Å². The van der Waals surface area contributed by atoms with Crippen LogP contribution in [0.1, 0.15) is 40.5 Å². The molecule has 0 aromatic carbocycles. The number of nitrogens with zero attached hydrogens (tertiary/aromatic N) is 3. The van der Waals surface area contributed by atoms with Crippen LogP contribution in [0.5, 0.6) is 0 Å². The lowest BCUT2D eigenvalue weighted by Crippen LogP contribution is -2.73. The first-order valence-electron chi connectivity index (χ1n) is 8.90. The Morgan fingerprint density at radius 3 is 2.18 bits per heavy atom. The van der Waals surface area contributed by atoms with Gasteiger partial charge >= 0.3 is 0 Å². The molecule has 3 atom stereocenters. The number of carbonyl (C=O) groups is 1. The highest BCUT2D eigenvalue weighted by Gasteiger charge is 2.52. The van der Waals surface area contributed by atoms with Gasteiger partial charge in [-0.05, 0) is 40.5 Å².